The fourth-order valence-corrected chi connectivity index (χ4v) is 3.35. The van der Waals surface area contributed by atoms with Crippen LogP contribution in [0.2, 0.25) is 0 Å². The molecule has 0 saturated carbocycles. The molecule has 0 aromatic rings. The normalized spacial score (nSPS) is 34.3. The van der Waals surface area contributed by atoms with Gasteiger partial charge in [-0.2, -0.15) is 0 Å². The van der Waals surface area contributed by atoms with Crippen molar-refractivity contribution < 1.29 is 28.6 Å². The van der Waals surface area contributed by atoms with Crippen LogP contribution in [-0.2, 0) is 28.6 Å². The number of carbonyl (C=O) groups is 3. The lowest BCUT2D eigenvalue weighted by Crippen LogP contribution is -2.43. The number of carbonyl (C=O) groups excluding carboxylic acids is 3. The van der Waals surface area contributed by atoms with Gasteiger partial charge >= 0.3 is 11.9 Å². The molecule has 0 N–H and O–H groups in total. The summed E-state index contributed by atoms with van der Waals surface area (Å²) in [5.74, 6) is -1.53. The Morgan fingerprint density at radius 3 is 2.72 bits per heavy atom. The first-order valence-electron chi connectivity index (χ1n) is 8.36. The standard InChI is InChI=1S/C19H22O6/c1-9(2)17(21)24-14-8-19(5)15(20)7-12(25-19)10(3)6-13-16(14)11(4)18(22)23-13/h6-7,9,13-14,16H,4,8H2,1-3,5H3/t13-,14+,16-,19-/m0/s1. The molecule has 25 heavy (non-hydrogen) atoms. The van der Waals surface area contributed by atoms with E-state index in [1.54, 1.807) is 33.8 Å². The first kappa shape index (κ1) is 17.5. The molecule has 3 aliphatic heterocycles. The Kier molecular flexibility index (Phi) is 4.09. The van der Waals surface area contributed by atoms with Crippen LogP contribution in [0.3, 0.4) is 0 Å². The fourth-order valence-electron chi connectivity index (χ4n) is 3.35. The van der Waals surface area contributed by atoms with Crippen LogP contribution in [0.5, 0.6) is 0 Å². The van der Waals surface area contributed by atoms with Crippen LogP contribution < -0.4 is 0 Å². The van der Waals surface area contributed by atoms with Gasteiger partial charge in [-0.15, -0.1) is 0 Å². The molecule has 0 radical (unpaired) electrons. The highest BCUT2D eigenvalue weighted by Gasteiger charge is 2.51. The van der Waals surface area contributed by atoms with Gasteiger partial charge in [0.25, 0.3) is 0 Å². The van der Waals surface area contributed by atoms with Crippen LogP contribution >= 0.6 is 0 Å². The van der Waals surface area contributed by atoms with Crippen molar-refractivity contribution in [3.8, 4) is 0 Å². The lowest BCUT2D eigenvalue weighted by molar-refractivity contribution is -0.161. The zero-order valence-electron chi connectivity index (χ0n) is 14.8. The maximum absolute atomic E-state index is 12.5. The van der Waals surface area contributed by atoms with E-state index in [0.29, 0.717) is 11.3 Å². The monoisotopic (exact) mass is 346 g/mol. The van der Waals surface area contributed by atoms with E-state index in [1.807, 2.05) is 0 Å². The maximum Gasteiger partial charge on any atom is 0.334 e. The summed E-state index contributed by atoms with van der Waals surface area (Å²) < 4.78 is 16.9. The number of ether oxygens (including phenoxy) is 3. The molecule has 0 amide bonds. The third-order valence-electron chi connectivity index (χ3n) is 4.91. The van der Waals surface area contributed by atoms with Gasteiger partial charge in [-0.3, -0.25) is 9.59 Å². The van der Waals surface area contributed by atoms with Crippen molar-refractivity contribution in [2.45, 2.75) is 51.9 Å². The summed E-state index contributed by atoms with van der Waals surface area (Å²) in [6.07, 6.45) is 1.95. The van der Waals surface area contributed by atoms with E-state index in [9.17, 15) is 14.4 Å². The average Bonchev–Trinajstić information content (AvgIpc) is 2.96. The first-order valence-corrected chi connectivity index (χ1v) is 8.36. The highest BCUT2D eigenvalue weighted by Crippen LogP contribution is 2.42. The number of fused-ring (bicyclic) bond motifs is 3. The Morgan fingerprint density at radius 2 is 2.08 bits per heavy atom. The Balaban J connectivity index is 2.05. The van der Waals surface area contributed by atoms with E-state index in [2.05, 4.69) is 6.58 Å². The van der Waals surface area contributed by atoms with Crippen molar-refractivity contribution in [2.75, 3.05) is 0 Å². The first-order chi connectivity index (χ1) is 11.6. The van der Waals surface area contributed by atoms with Gasteiger partial charge in [-0.1, -0.05) is 20.4 Å². The highest BCUT2D eigenvalue weighted by molar-refractivity contribution is 6.00. The highest BCUT2D eigenvalue weighted by atomic mass is 16.6. The van der Waals surface area contributed by atoms with Crippen molar-refractivity contribution >= 4 is 17.7 Å². The zero-order chi connectivity index (χ0) is 18.5. The van der Waals surface area contributed by atoms with Crippen LogP contribution in [0.1, 0.15) is 34.1 Å². The minimum atomic E-state index is -1.15. The molecule has 0 unspecified atom stereocenters. The van der Waals surface area contributed by atoms with E-state index in [-0.39, 0.29) is 23.7 Å². The third-order valence-corrected chi connectivity index (χ3v) is 4.91. The van der Waals surface area contributed by atoms with Gasteiger partial charge in [0.1, 0.15) is 18.0 Å². The molecular weight excluding hydrogens is 324 g/mol. The van der Waals surface area contributed by atoms with Crippen LogP contribution in [0.15, 0.2) is 35.6 Å². The number of ketones is 1. The molecule has 3 rings (SSSR count). The molecule has 0 aromatic heterocycles. The smallest absolute Gasteiger partial charge is 0.334 e. The van der Waals surface area contributed by atoms with Crippen molar-refractivity contribution in [2.24, 2.45) is 11.8 Å². The summed E-state index contributed by atoms with van der Waals surface area (Å²) in [7, 11) is 0. The van der Waals surface area contributed by atoms with E-state index in [0.717, 1.165) is 0 Å². The van der Waals surface area contributed by atoms with E-state index in [1.165, 1.54) is 6.08 Å². The molecule has 3 aliphatic rings. The fraction of sp³-hybridized carbons (Fsp3) is 0.526. The molecule has 6 heteroatoms. The average molecular weight is 346 g/mol. The minimum absolute atomic E-state index is 0.127. The SMILES string of the molecule is C=C1C(=O)O[C@H]2C=C(C)C3=CC(=O)[C@](C)(C[C@@H](OC(=O)C(C)C)[C@@H]12)O3. The third kappa shape index (κ3) is 2.90. The molecule has 1 saturated heterocycles. The number of allylic oxidation sites excluding steroid dienone is 1. The molecule has 0 spiro atoms. The lowest BCUT2D eigenvalue weighted by Gasteiger charge is -2.31. The number of esters is 2. The van der Waals surface area contributed by atoms with E-state index < -0.39 is 35.7 Å². The van der Waals surface area contributed by atoms with Gasteiger partial charge < -0.3 is 14.2 Å². The van der Waals surface area contributed by atoms with Gasteiger partial charge in [0.05, 0.1) is 11.8 Å². The predicted octanol–water partition coefficient (Wildman–Crippen LogP) is 2.24. The van der Waals surface area contributed by atoms with Crippen LogP contribution in [0.4, 0.5) is 0 Å². The molecule has 2 bridgehead atoms. The van der Waals surface area contributed by atoms with E-state index >= 15 is 0 Å². The summed E-state index contributed by atoms with van der Waals surface area (Å²) in [4.78, 5) is 36.7. The molecule has 3 heterocycles. The Labute approximate surface area is 146 Å². The van der Waals surface area contributed by atoms with Crippen molar-refractivity contribution in [1.82, 2.24) is 0 Å². The Hall–Kier alpha value is -2.37. The molecule has 0 aliphatic carbocycles. The second kappa shape index (κ2) is 5.86. The summed E-state index contributed by atoms with van der Waals surface area (Å²) >= 11 is 0. The van der Waals surface area contributed by atoms with Gasteiger partial charge in [0.15, 0.2) is 5.60 Å². The van der Waals surface area contributed by atoms with Crippen molar-refractivity contribution in [1.29, 1.82) is 0 Å². The molecule has 134 valence electrons. The molecular formula is C19H22O6. The number of hydrogen-bond donors (Lipinski definition) is 0. The van der Waals surface area contributed by atoms with Gasteiger partial charge in [-0.25, -0.2) is 4.79 Å². The zero-order valence-corrected chi connectivity index (χ0v) is 14.8. The molecule has 1 fully saturated rings. The summed E-state index contributed by atoms with van der Waals surface area (Å²) in [6.45, 7) is 10.7. The van der Waals surface area contributed by atoms with Crippen LogP contribution in [-0.4, -0.2) is 35.5 Å². The summed E-state index contributed by atoms with van der Waals surface area (Å²) in [6, 6.07) is 0. The summed E-state index contributed by atoms with van der Waals surface area (Å²) in [5, 5.41) is 0. The topological polar surface area (TPSA) is 78.9 Å². The van der Waals surface area contributed by atoms with E-state index in [4.69, 9.17) is 14.2 Å². The number of rotatable bonds is 2. The Morgan fingerprint density at radius 1 is 1.40 bits per heavy atom. The maximum atomic E-state index is 12.5. The second-order valence-electron chi connectivity index (χ2n) is 7.31. The van der Waals surface area contributed by atoms with Crippen molar-refractivity contribution in [3.05, 3.63) is 35.6 Å². The van der Waals surface area contributed by atoms with Crippen LogP contribution in [0, 0.1) is 11.8 Å². The molecule has 0 aromatic carbocycles. The second-order valence-corrected chi connectivity index (χ2v) is 7.31. The van der Waals surface area contributed by atoms with Gasteiger partial charge in [0, 0.05) is 18.1 Å². The summed E-state index contributed by atoms with van der Waals surface area (Å²) in [5.41, 5.74) is -0.198. The van der Waals surface area contributed by atoms with Crippen LogP contribution in [0.25, 0.3) is 0 Å². The van der Waals surface area contributed by atoms with Crippen molar-refractivity contribution in [3.63, 3.8) is 0 Å². The van der Waals surface area contributed by atoms with Gasteiger partial charge in [0.2, 0.25) is 5.78 Å². The lowest BCUT2D eigenvalue weighted by atomic mass is 9.82. The largest absolute Gasteiger partial charge is 0.479 e. The number of hydrogen-bond acceptors (Lipinski definition) is 6. The molecule has 6 nitrogen and oxygen atoms in total. The minimum Gasteiger partial charge on any atom is -0.479 e. The Bertz CT molecular complexity index is 728. The predicted molar refractivity (Wildman–Crippen MR) is 88.2 cm³/mol. The quantitative estimate of drug-likeness (QED) is 0.564. The molecule has 4 atom stereocenters. The van der Waals surface area contributed by atoms with Gasteiger partial charge in [-0.05, 0) is 25.5 Å².